The van der Waals surface area contributed by atoms with Crippen LogP contribution in [0.4, 0.5) is 5.69 Å². The normalized spacial score (nSPS) is 10.8. The van der Waals surface area contributed by atoms with Gasteiger partial charge in [0.05, 0.1) is 5.56 Å². The molecule has 0 aliphatic rings. The summed E-state index contributed by atoms with van der Waals surface area (Å²) in [6, 6.07) is 10.5. The number of aromatic nitrogens is 1. The van der Waals surface area contributed by atoms with E-state index in [0.717, 1.165) is 11.1 Å². The average Bonchev–Trinajstić information content (AvgIpc) is 2.80. The molecule has 5 nitrogen and oxygen atoms in total. The van der Waals surface area contributed by atoms with E-state index >= 15 is 0 Å². The molecule has 3 rings (SSSR count). The number of carbonyl (C=O) groups is 1. The van der Waals surface area contributed by atoms with Crippen molar-refractivity contribution in [3.05, 3.63) is 42.0 Å². The van der Waals surface area contributed by atoms with Gasteiger partial charge in [-0.3, -0.25) is 4.79 Å². The van der Waals surface area contributed by atoms with Gasteiger partial charge in [0.25, 0.3) is 0 Å². The zero-order valence-electron chi connectivity index (χ0n) is 11.7. The van der Waals surface area contributed by atoms with Gasteiger partial charge in [-0.15, -0.1) is 0 Å². The number of rotatable bonds is 2. The van der Waals surface area contributed by atoms with Crippen LogP contribution >= 0.6 is 0 Å². The smallest absolute Gasteiger partial charge is 0.231 e. The molecule has 1 amide bonds. The molecule has 0 unspecified atom stereocenters. The SMILES string of the molecule is CC(=O)Nc1ccc(-c2nc3cc(C)ccc3o2)c(O)c1. The largest absolute Gasteiger partial charge is 0.507 e. The highest BCUT2D eigenvalue weighted by atomic mass is 16.3. The molecule has 0 bridgehead atoms. The predicted molar refractivity (Wildman–Crippen MR) is 80.2 cm³/mol. The third-order valence-electron chi connectivity index (χ3n) is 3.09. The molecule has 3 aromatic rings. The van der Waals surface area contributed by atoms with Gasteiger partial charge in [0.15, 0.2) is 5.58 Å². The first-order valence-electron chi connectivity index (χ1n) is 6.51. The number of fused-ring (bicyclic) bond motifs is 1. The minimum absolute atomic E-state index is 0.00419. The second-order valence-corrected chi connectivity index (χ2v) is 4.90. The monoisotopic (exact) mass is 282 g/mol. The molecular formula is C16H14N2O3. The fourth-order valence-corrected chi connectivity index (χ4v) is 2.15. The van der Waals surface area contributed by atoms with Gasteiger partial charge in [-0.25, -0.2) is 4.98 Å². The quantitative estimate of drug-likeness (QED) is 0.754. The number of amides is 1. The number of hydrogen-bond donors (Lipinski definition) is 2. The van der Waals surface area contributed by atoms with E-state index in [4.69, 9.17) is 4.42 Å². The Morgan fingerprint density at radius 3 is 2.76 bits per heavy atom. The van der Waals surface area contributed by atoms with Gasteiger partial charge in [-0.05, 0) is 36.8 Å². The Morgan fingerprint density at radius 2 is 2.05 bits per heavy atom. The molecule has 5 heteroatoms. The maximum absolute atomic E-state index is 11.0. The molecule has 0 saturated heterocycles. The Labute approximate surface area is 121 Å². The van der Waals surface area contributed by atoms with E-state index in [-0.39, 0.29) is 11.7 Å². The summed E-state index contributed by atoms with van der Waals surface area (Å²) in [5.74, 6) is 0.159. The van der Waals surface area contributed by atoms with E-state index in [0.29, 0.717) is 22.7 Å². The second kappa shape index (κ2) is 4.94. The van der Waals surface area contributed by atoms with Crippen molar-refractivity contribution in [2.45, 2.75) is 13.8 Å². The van der Waals surface area contributed by atoms with Crippen molar-refractivity contribution in [2.24, 2.45) is 0 Å². The first-order chi connectivity index (χ1) is 10.0. The van der Waals surface area contributed by atoms with E-state index in [2.05, 4.69) is 10.3 Å². The Morgan fingerprint density at radius 1 is 1.24 bits per heavy atom. The van der Waals surface area contributed by atoms with Crippen LogP contribution in [-0.2, 0) is 4.79 Å². The first kappa shape index (κ1) is 13.2. The van der Waals surface area contributed by atoms with Crippen LogP contribution in [0.15, 0.2) is 40.8 Å². The highest BCUT2D eigenvalue weighted by Gasteiger charge is 2.13. The van der Waals surface area contributed by atoms with Gasteiger partial charge >= 0.3 is 0 Å². The summed E-state index contributed by atoms with van der Waals surface area (Å²) in [5, 5.41) is 12.7. The van der Waals surface area contributed by atoms with Crippen LogP contribution < -0.4 is 5.32 Å². The van der Waals surface area contributed by atoms with Crippen LogP contribution in [0.2, 0.25) is 0 Å². The number of phenols is 1. The summed E-state index contributed by atoms with van der Waals surface area (Å²) in [6.07, 6.45) is 0. The average molecular weight is 282 g/mol. The zero-order chi connectivity index (χ0) is 15.0. The molecule has 0 fully saturated rings. The van der Waals surface area contributed by atoms with Gasteiger partial charge in [-0.1, -0.05) is 6.07 Å². The summed E-state index contributed by atoms with van der Waals surface area (Å²) in [7, 11) is 0. The van der Waals surface area contributed by atoms with Crippen molar-refractivity contribution >= 4 is 22.7 Å². The third-order valence-corrected chi connectivity index (χ3v) is 3.09. The van der Waals surface area contributed by atoms with E-state index in [1.807, 2.05) is 25.1 Å². The molecule has 21 heavy (non-hydrogen) atoms. The number of nitrogens with zero attached hydrogens (tertiary/aromatic N) is 1. The minimum Gasteiger partial charge on any atom is -0.507 e. The molecule has 1 aromatic heterocycles. The summed E-state index contributed by atoms with van der Waals surface area (Å²) >= 11 is 0. The van der Waals surface area contributed by atoms with Gasteiger partial charge in [-0.2, -0.15) is 0 Å². The summed E-state index contributed by atoms with van der Waals surface area (Å²) in [4.78, 5) is 15.4. The number of phenolic OH excluding ortho intramolecular Hbond substituents is 1. The van der Waals surface area contributed by atoms with Crippen LogP contribution in [0, 0.1) is 6.92 Å². The molecule has 0 saturated carbocycles. The highest BCUT2D eigenvalue weighted by Crippen LogP contribution is 2.33. The van der Waals surface area contributed by atoms with Crippen molar-refractivity contribution < 1.29 is 14.3 Å². The molecule has 1 heterocycles. The lowest BCUT2D eigenvalue weighted by atomic mass is 10.2. The van der Waals surface area contributed by atoms with Crippen LogP contribution in [0.5, 0.6) is 5.75 Å². The zero-order valence-corrected chi connectivity index (χ0v) is 11.7. The van der Waals surface area contributed by atoms with E-state index < -0.39 is 0 Å². The van der Waals surface area contributed by atoms with Gasteiger partial charge < -0.3 is 14.8 Å². The Kier molecular flexibility index (Phi) is 3.10. The fourth-order valence-electron chi connectivity index (χ4n) is 2.15. The predicted octanol–water partition coefficient (Wildman–Crippen LogP) is 3.47. The molecule has 0 radical (unpaired) electrons. The van der Waals surface area contributed by atoms with E-state index in [1.54, 1.807) is 12.1 Å². The number of aryl methyl sites for hydroxylation is 1. The Bertz CT molecular complexity index is 837. The number of aromatic hydroxyl groups is 1. The Hall–Kier alpha value is -2.82. The molecule has 2 aromatic carbocycles. The number of anilines is 1. The molecule has 0 atom stereocenters. The number of nitrogens with one attached hydrogen (secondary N) is 1. The summed E-state index contributed by atoms with van der Waals surface area (Å²) < 4.78 is 5.65. The number of carbonyl (C=O) groups excluding carboxylic acids is 1. The molecule has 0 aliphatic carbocycles. The van der Waals surface area contributed by atoms with E-state index in [1.165, 1.54) is 13.0 Å². The van der Waals surface area contributed by atoms with Crippen LogP contribution in [0.3, 0.4) is 0 Å². The molecule has 0 aliphatic heterocycles. The third kappa shape index (κ3) is 2.58. The van der Waals surface area contributed by atoms with Crippen molar-refractivity contribution in [3.63, 3.8) is 0 Å². The van der Waals surface area contributed by atoms with Crippen LogP contribution in [0.25, 0.3) is 22.6 Å². The topological polar surface area (TPSA) is 75.4 Å². The lowest BCUT2D eigenvalue weighted by molar-refractivity contribution is -0.114. The Balaban J connectivity index is 2.03. The van der Waals surface area contributed by atoms with Gasteiger partial charge in [0, 0.05) is 18.7 Å². The molecule has 0 spiro atoms. The van der Waals surface area contributed by atoms with Gasteiger partial charge in [0.1, 0.15) is 11.3 Å². The van der Waals surface area contributed by atoms with Crippen molar-refractivity contribution in [2.75, 3.05) is 5.32 Å². The first-order valence-corrected chi connectivity index (χ1v) is 6.51. The van der Waals surface area contributed by atoms with Crippen molar-refractivity contribution in [3.8, 4) is 17.2 Å². The highest BCUT2D eigenvalue weighted by molar-refractivity contribution is 5.89. The maximum atomic E-state index is 11.0. The number of benzene rings is 2. The molecule has 106 valence electrons. The van der Waals surface area contributed by atoms with Crippen molar-refractivity contribution in [1.29, 1.82) is 0 Å². The van der Waals surface area contributed by atoms with Crippen LogP contribution in [-0.4, -0.2) is 16.0 Å². The second-order valence-electron chi connectivity index (χ2n) is 4.90. The molecular weight excluding hydrogens is 268 g/mol. The fraction of sp³-hybridized carbons (Fsp3) is 0.125. The number of hydrogen-bond acceptors (Lipinski definition) is 4. The summed E-state index contributed by atoms with van der Waals surface area (Å²) in [5.41, 5.74) is 3.51. The number of oxazole rings is 1. The van der Waals surface area contributed by atoms with Crippen molar-refractivity contribution in [1.82, 2.24) is 4.98 Å². The van der Waals surface area contributed by atoms with E-state index in [9.17, 15) is 9.90 Å². The lowest BCUT2D eigenvalue weighted by Gasteiger charge is -2.05. The summed E-state index contributed by atoms with van der Waals surface area (Å²) in [6.45, 7) is 3.39. The maximum Gasteiger partial charge on any atom is 0.231 e. The lowest BCUT2D eigenvalue weighted by Crippen LogP contribution is -2.05. The van der Waals surface area contributed by atoms with Crippen LogP contribution in [0.1, 0.15) is 12.5 Å². The molecule has 2 N–H and O–H groups in total. The standard InChI is InChI=1S/C16H14N2O3/c1-9-3-6-15-13(7-9)18-16(21-15)12-5-4-11(8-14(12)20)17-10(2)19/h3-8,20H,1-2H3,(H,17,19). The minimum atomic E-state index is -0.195. The van der Waals surface area contributed by atoms with Gasteiger partial charge in [0.2, 0.25) is 11.8 Å².